The summed E-state index contributed by atoms with van der Waals surface area (Å²) in [5, 5.41) is 6.01. The Labute approximate surface area is 123 Å². The number of carbonyl (C=O) groups is 2. The zero-order valence-corrected chi connectivity index (χ0v) is 12.2. The number of nitrogens with one attached hydrogen (secondary N) is 2. The van der Waals surface area contributed by atoms with Crippen molar-refractivity contribution in [2.75, 3.05) is 25.5 Å². The number of pyridine rings is 1. The molecule has 2 heterocycles. The second kappa shape index (κ2) is 6.09. The molecule has 0 unspecified atom stereocenters. The lowest BCUT2D eigenvalue weighted by molar-refractivity contribution is -0.125. The largest absolute Gasteiger partial charge is 0.480 e. The number of amides is 2. The highest BCUT2D eigenvalue weighted by Crippen LogP contribution is 2.28. The van der Waals surface area contributed by atoms with Crippen LogP contribution < -0.4 is 21.1 Å². The van der Waals surface area contributed by atoms with Crippen LogP contribution in [0.4, 0.5) is 5.69 Å². The molecule has 1 aromatic heterocycles. The van der Waals surface area contributed by atoms with Gasteiger partial charge in [-0.25, -0.2) is 4.98 Å². The van der Waals surface area contributed by atoms with E-state index in [0.29, 0.717) is 12.2 Å². The van der Waals surface area contributed by atoms with Crippen LogP contribution in [0.25, 0.3) is 0 Å². The fourth-order valence-electron chi connectivity index (χ4n) is 2.39. The third kappa shape index (κ3) is 3.30. The maximum atomic E-state index is 12.4. The van der Waals surface area contributed by atoms with E-state index in [1.54, 1.807) is 0 Å². The van der Waals surface area contributed by atoms with E-state index in [-0.39, 0.29) is 17.4 Å². The number of nitrogens with zero attached hydrogens (tertiary/aromatic N) is 1. The summed E-state index contributed by atoms with van der Waals surface area (Å²) in [5.41, 5.74) is 5.38. The number of anilines is 1. The summed E-state index contributed by atoms with van der Waals surface area (Å²) in [4.78, 5) is 27.7. The first-order chi connectivity index (χ1) is 9.96. The highest BCUT2D eigenvalue weighted by molar-refractivity contribution is 5.99. The van der Waals surface area contributed by atoms with Gasteiger partial charge in [0.1, 0.15) is 5.56 Å². The van der Waals surface area contributed by atoms with E-state index in [1.807, 2.05) is 6.92 Å². The number of piperidine rings is 1. The molecule has 1 saturated heterocycles. The molecule has 1 fully saturated rings. The van der Waals surface area contributed by atoms with Gasteiger partial charge in [0.05, 0.1) is 24.4 Å². The Hall–Kier alpha value is -2.15. The Morgan fingerprint density at radius 2 is 2.29 bits per heavy atom. The summed E-state index contributed by atoms with van der Waals surface area (Å²) in [7, 11) is 1.40. The fourth-order valence-corrected chi connectivity index (χ4v) is 2.39. The van der Waals surface area contributed by atoms with Crippen LogP contribution in [-0.2, 0) is 4.79 Å². The summed E-state index contributed by atoms with van der Waals surface area (Å²) < 4.78 is 4.97. The van der Waals surface area contributed by atoms with Gasteiger partial charge in [-0.05, 0) is 32.4 Å². The lowest BCUT2D eigenvalue weighted by atomic mass is 9.82. The lowest BCUT2D eigenvalue weighted by Gasteiger charge is -2.32. The molecule has 2 amide bonds. The van der Waals surface area contributed by atoms with E-state index in [0.717, 1.165) is 19.4 Å². The highest BCUT2D eigenvalue weighted by Gasteiger charge is 2.34. The maximum absolute atomic E-state index is 12.4. The molecule has 0 saturated carbocycles. The van der Waals surface area contributed by atoms with E-state index < -0.39 is 11.3 Å². The molecule has 0 spiro atoms. The number of ether oxygens (including phenoxy) is 1. The molecule has 4 N–H and O–H groups in total. The van der Waals surface area contributed by atoms with E-state index in [2.05, 4.69) is 15.6 Å². The molecule has 1 aliphatic heterocycles. The lowest BCUT2D eigenvalue weighted by Crippen LogP contribution is -2.46. The van der Waals surface area contributed by atoms with Crippen LogP contribution in [0, 0.1) is 5.41 Å². The normalized spacial score (nSPS) is 21.6. The zero-order chi connectivity index (χ0) is 15.5. The molecule has 1 aromatic rings. The van der Waals surface area contributed by atoms with Crippen molar-refractivity contribution < 1.29 is 14.3 Å². The Morgan fingerprint density at radius 1 is 1.52 bits per heavy atom. The minimum absolute atomic E-state index is 0.0999. The topological polar surface area (TPSA) is 106 Å². The Bertz CT molecular complexity index is 553. The second-order valence-corrected chi connectivity index (χ2v) is 5.44. The van der Waals surface area contributed by atoms with Gasteiger partial charge in [0.15, 0.2) is 0 Å². The van der Waals surface area contributed by atoms with E-state index >= 15 is 0 Å². The smallest absolute Gasteiger partial charge is 0.254 e. The summed E-state index contributed by atoms with van der Waals surface area (Å²) in [6, 6.07) is 1.48. The van der Waals surface area contributed by atoms with Gasteiger partial charge in [-0.1, -0.05) is 0 Å². The molecule has 7 heteroatoms. The number of nitrogens with two attached hydrogens (primary N) is 1. The molecule has 2 rings (SSSR count). The molecule has 0 bridgehead atoms. The van der Waals surface area contributed by atoms with Crippen LogP contribution in [0.15, 0.2) is 12.3 Å². The van der Waals surface area contributed by atoms with Crippen molar-refractivity contribution in [1.82, 2.24) is 10.3 Å². The predicted molar refractivity (Wildman–Crippen MR) is 78.1 cm³/mol. The Kier molecular flexibility index (Phi) is 4.42. The number of rotatable bonds is 4. The zero-order valence-electron chi connectivity index (χ0n) is 12.2. The van der Waals surface area contributed by atoms with Crippen LogP contribution in [-0.4, -0.2) is 37.0 Å². The minimum Gasteiger partial charge on any atom is -0.480 e. The first kappa shape index (κ1) is 15.2. The second-order valence-electron chi connectivity index (χ2n) is 5.44. The number of methoxy groups -OCH3 is 1. The van der Waals surface area contributed by atoms with E-state index in [4.69, 9.17) is 10.5 Å². The summed E-state index contributed by atoms with van der Waals surface area (Å²) in [6.45, 7) is 3.48. The molecular formula is C14H20N4O3. The van der Waals surface area contributed by atoms with Gasteiger partial charge < -0.3 is 21.1 Å². The van der Waals surface area contributed by atoms with Crippen molar-refractivity contribution in [3.05, 3.63) is 17.8 Å². The van der Waals surface area contributed by atoms with Gasteiger partial charge in [0.2, 0.25) is 11.8 Å². The van der Waals surface area contributed by atoms with Crippen molar-refractivity contribution >= 4 is 17.5 Å². The minimum atomic E-state index is -0.652. The van der Waals surface area contributed by atoms with E-state index in [9.17, 15) is 9.59 Å². The van der Waals surface area contributed by atoms with Crippen molar-refractivity contribution in [3.63, 3.8) is 0 Å². The molecule has 7 nitrogen and oxygen atoms in total. The van der Waals surface area contributed by atoms with Crippen molar-refractivity contribution in [2.24, 2.45) is 11.1 Å². The summed E-state index contributed by atoms with van der Waals surface area (Å²) in [6.07, 6.45) is 3.22. The third-order valence-corrected chi connectivity index (χ3v) is 3.71. The monoisotopic (exact) mass is 292 g/mol. The van der Waals surface area contributed by atoms with Crippen LogP contribution in [0.2, 0.25) is 0 Å². The molecule has 21 heavy (non-hydrogen) atoms. The quantitative estimate of drug-likeness (QED) is 0.750. The van der Waals surface area contributed by atoms with Crippen molar-refractivity contribution in [2.45, 2.75) is 19.8 Å². The van der Waals surface area contributed by atoms with Crippen LogP contribution in [0.5, 0.6) is 5.88 Å². The SMILES string of the molecule is COc1ncc(NC(=O)[C@]2(C)CCCNC2)cc1C(N)=O. The van der Waals surface area contributed by atoms with Crippen molar-refractivity contribution in [3.8, 4) is 5.88 Å². The van der Waals surface area contributed by atoms with Gasteiger partial charge >= 0.3 is 0 Å². The Morgan fingerprint density at radius 3 is 2.86 bits per heavy atom. The predicted octanol–water partition coefficient (Wildman–Crippen LogP) is 0.517. The molecule has 1 aliphatic rings. The molecule has 1 atom stereocenters. The molecule has 0 aromatic carbocycles. The summed E-state index contributed by atoms with van der Waals surface area (Å²) in [5.74, 6) is -0.607. The third-order valence-electron chi connectivity index (χ3n) is 3.71. The van der Waals surface area contributed by atoms with Crippen LogP contribution in [0.3, 0.4) is 0 Å². The van der Waals surface area contributed by atoms with Crippen LogP contribution in [0.1, 0.15) is 30.1 Å². The average molecular weight is 292 g/mol. The van der Waals surface area contributed by atoms with Gasteiger partial charge in [-0.2, -0.15) is 0 Å². The summed E-state index contributed by atoms with van der Waals surface area (Å²) >= 11 is 0. The number of aromatic nitrogens is 1. The Balaban J connectivity index is 2.17. The number of primary amides is 1. The molecule has 0 aliphatic carbocycles. The number of hydrogen-bond acceptors (Lipinski definition) is 5. The van der Waals surface area contributed by atoms with Crippen molar-refractivity contribution in [1.29, 1.82) is 0 Å². The van der Waals surface area contributed by atoms with Gasteiger partial charge in [0, 0.05) is 6.54 Å². The van der Waals surface area contributed by atoms with Gasteiger partial charge in [-0.3, -0.25) is 9.59 Å². The molecule has 114 valence electrons. The highest BCUT2D eigenvalue weighted by atomic mass is 16.5. The average Bonchev–Trinajstić information content (AvgIpc) is 2.47. The number of hydrogen-bond donors (Lipinski definition) is 3. The number of carbonyl (C=O) groups excluding carboxylic acids is 2. The standard InChI is InChI=1S/C14H20N4O3/c1-14(4-3-5-16-8-14)13(20)18-9-6-10(11(15)19)12(21-2)17-7-9/h6-7,16H,3-5,8H2,1-2H3,(H2,15,19)(H,18,20)/t14-/m1/s1. The molecular weight excluding hydrogens is 272 g/mol. The van der Waals surface area contributed by atoms with Gasteiger partial charge in [-0.15, -0.1) is 0 Å². The van der Waals surface area contributed by atoms with Gasteiger partial charge in [0.25, 0.3) is 5.91 Å². The first-order valence-electron chi connectivity index (χ1n) is 6.82. The van der Waals surface area contributed by atoms with E-state index in [1.165, 1.54) is 19.4 Å². The first-order valence-corrected chi connectivity index (χ1v) is 6.82. The fraction of sp³-hybridized carbons (Fsp3) is 0.500. The molecule has 0 radical (unpaired) electrons. The maximum Gasteiger partial charge on any atom is 0.254 e. The van der Waals surface area contributed by atoms with Crippen LogP contribution >= 0.6 is 0 Å².